The molecule has 1 aliphatic rings. The van der Waals surface area contributed by atoms with E-state index in [1.807, 2.05) is 53.7 Å². The van der Waals surface area contributed by atoms with Gasteiger partial charge in [-0.2, -0.15) is 8.78 Å². The van der Waals surface area contributed by atoms with Gasteiger partial charge in [0.05, 0.1) is 25.1 Å². The number of hydrogen-bond donors (Lipinski definition) is 2. The van der Waals surface area contributed by atoms with Gasteiger partial charge in [-0.3, -0.25) is 9.79 Å². The minimum atomic E-state index is -3.05. The number of rotatable bonds is 17. The number of alkyl halides is 2. The van der Waals surface area contributed by atoms with E-state index in [9.17, 15) is 13.6 Å². The Balaban J connectivity index is 1.42. The van der Waals surface area contributed by atoms with Crippen LogP contribution in [-0.4, -0.2) is 70.4 Å². The molecule has 0 aliphatic carbocycles. The lowest BCUT2D eigenvalue weighted by atomic mass is 9.96. The van der Waals surface area contributed by atoms with Crippen molar-refractivity contribution in [3.05, 3.63) is 46.8 Å². The SMILES string of the molecule is CCNCNc1cc(-c2nc(C(C)(F)F)cs2)c(C2=CC(c3nnc(C(C)COCCCC(CC)C(=O)OC(C)(C)C)o3)=NCC2)cn1. The molecule has 14 heteroatoms. The van der Waals surface area contributed by atoms with Crippen LogP contribution in [0.1, 0.15) is 103 Å². The number of nitrogens with one attached hydrogen (secondary N) is 2. The smallest absolute Gasteiger partial charge is 0.309 e. The minimum Gasteiger partial charge on any atom is -0.460 e. The first-order valence-electron chi connectivity index (χ1n) is 16.5. The highest BCUT2D eigenvalue weighted by molar-refractivity contribution is 7.13. The van der Waals surface area contributed by atoms with Gasteiger partial charge in [-0.05, 0) is 70.7 Å². The lowest BCUT2D eigenvalue weighted by Crippen LogP contribution is -2.28. The minimum absolute atomic E-state index is 0.150. The number of aliphatic imine (C=N–C) groups is 1. The first-order valence-corrected chi connectivity index (χ1v) is 17.4. The number of allylic oxidation sites excluding steroid dienone is 1. The number of carbonyl (C=O) groups is 1. The molecular weight excluding hydrogens is 640 g/mol. The van der Waals surface area contributed by atoms with E-state index in [4.69, 9.17) is 13.9 Å². The maximum Gasteiger partial charge on any atom is 0.309 e. The van der Waals surface area contributed by atoms with Gasteiger partial charge in [0.2, 0.25) is 5.89 Å². The third-order valence-corrected chi connectivity index (χ3v) is 8.45. The maximum atomic E-state index is 14.1. The van der Waals surface area contributed by atoms with E-state index >= 15 is 0 Å². The Bertz CT molecular complexity index is 1580. The van der Waals surface area contributed by atoms with Crippen molar-refractivity contribution in [1.82, 2.24) is 25.5 Å². The molecule has 0 saturated heterocycles. The number of thiazole rings is 1. The van der Waals surface area contributed by atoms with Gasteiger partial charge in [-0.1, -0.05) is 20.8 Å². The Morgan fingerprint density at radius 2 is 1.96 bits per heavy atom. The van der Waals surface area contributed by atoms with Crippen LogP contribution < -0.4 is 10.6 Å². The highest BCUT2D eigenvalue weighted by Crippen LogP contribution is 2.37. The topological polar surface area (TPSA) is 137 Å². The number of halogens is 2. The number of nitrogens with zero attached hydrogens (tertiary/aromatic N) is 5. The van der Waals surface area contributed by atoms with Gasteiger partial charge in [0, 0.05) is 42.8 Å². The molecule has 0 fully saturated rings. The van der Waals surface area contributed by atoms with Crippen LogP contribution in [0.15, 0.2) is 33.1 Å². The molecule has 0 bridgehead atoms. The molecule has 0 radical (unpaired) electrons. The monoisotopic (exact) mass is 687 g/mol. The predicted molar refractivity (Wildman–Crippen MR) is 183 cm³/mol. The summed E-state index contributed by atoms with van der Waals surface area (Å²) in [5.74, 6) is -2.19. The molecule has 4 rings (SSSR count). The van der Waals surface area contributed by atoms with Crippen molar-refractivity contribution in [2.24, 2.45) is 10.9 Å². The second-order valence-electron chi connectivity index (χ2n) is 12.9. The number of dihydropyridines is 1. The molecule has 11 nitrogen and oxygen atoms in total. The second kappa shape index (κ2) is 16.7. The molecule has 4 heterocycles. The molecule has 2 atom stereocenters. The summed E-state index contributed by atoms with van der Waals surface area (Å²) in [6.45, 7) is 15.1. The third kappa shape index (κ3) is 10.4. The Labute approximate surface area is 285 Å². The normalized spacial score (nSPS) is 15.1. The van der Waals surface area contributed by atoms with Crippen molar-refractivity contribution in [3.8, 4) is 10.6 Å². The summed E-state index contributed by atoms with van der Waals surface area (Å²) in [6, 6.07) is 1.84. The van der Waals surface area contributed by atoms with E-state index in [0.29, 0.717) is 67.3 Å². The molecule has 3 aromatic rings. The fourth-order valence-corrected chi connectivity index (χ4v) is 5.89. The van der Waals surface area contributed by atoms with Gasteiger partial charge in [0.1, 0.15) is 27.8 Å². The molecule has 0 amide bonds. The van der Waals surface area contributed by atoms with Gasteiger partial charge in [0.15, 0.2) is 0 Å². The summed E-state index contributed by atoms with van der Waals surface area (Å²) in [6.07, 6.45) is 6.38. The number of esters is 1. The first kappa shape index (κ1) is 37.2. The molecule has 0 saturated carbocycles. The van der Waals surface area contributed by atoms with Crippen LogP contribution in [0.5, 0.6) is 0 Å². The molecule has 3 aromatic heterocycles. The number of hydrogen-bond acceptors (Lipinski definition) is 12. The van der Waals surface area contributed by atoms with Crippen molar-refractivity contribution >= 4 is 34.4 Å². The van der Waals surface area contributed by atoms with Gasteiger partial charge in [0.25, 0.3) is 11.8 Å². The summed E-state index contributed by atoms with van der Waals surface area (Å²) in [7, 11) is 0. The highest BCUT2D eigenvalue weighted by atomic mass is 32.1. The van der Waals surface area contributed by atoms with E-state index in [0.717, 1.165) is 37.4 Å². The number of ether oxygens (including phenoxy) is 2. The van der Waals surface area contributed by atoms with Crippen LogP contribution in [0.2, 0.25) is 0 Å². The zero-order chi connectivity index (χ0) is 34.9. The molecule has 0 aromatic carbocycles. The highest BCUT2D eigenvalue weighted by Gasteiger charge is 2.29. The van der Waals surface area contributed by atoms with E-state index in [1.165, 1.54) is 16.7 Å². The predicted octanol–water partition coefficient (Wildman–Crippen LogP) is 7.22. The summed E-state index contributed by atoms with van der Waals surface area (Å²) in [4.78, 5) is 25.9. The molecule has 262 valence electrons. The molecule has 1 aliphatic heterocycles. The van der Waals surface area contributed by atoms with Crippen molar-refractivity contribution < 1.29 is 27.5 Å². The first-order chi connectivity index (χ1) is 22.8. The van der Waals surface area contributed by atoms with Gasteiger partial charge < -0.3 is 24.5 Å². The van der Waals surface area contributed by atoms with Crippen LogP contribution >= 0.6 is 11.3 Å². The van der Waals surface area contributed by atoms with Crippen LogP contribution in [0.25, 0.3) is 16.1 Å². The fraction of sp³-hybridized carbons (Fsp3) is 0.588. The summed E-state index contributed by atoms with van der Waals surface area (Å²) in [5, 5.41) is 16.8. The molecule has 2 unspecified atom stereocenters. The number of aromatic nitrogens is 4. The van der Waals surface area contributed by atoms with Gasteiger partial charge in [-0.15, -0.1) is 21.5 Å². The molecule has 48 heavy (non-hydrogen) atoms. The van der Waals surface area contributed by atoms with Crippen LogP contribution in [0, 0.1) is 5.92 Å². The van der Waals surface area contributed by atoms with Crippen LogP contribution in [-0.2, 0) is 20.2 Å². The number of anilines is 1. The zero-order valence-electron chi connectivity index (χ0n) is 28.9. The third-order valence-electron chi connectivity index (χ3n) is 7.58. The maximum absolute atomic E-state index is 14.1. The number of pyridine rings is 1. The molecule has 0 spiro atoms. The quantitative estimate of drug-likeness (QED) is 0.0850. The Hall–Kier alpha value is -3.62. The average Bonchev–Trinajstić information content (AvgIpc) is 3.73. The van der Waals surface area contributed by atoms with E-state index in [2.05, 4.69) is 35.8 Å². The largest absolute Gasteiger partial charge is 0.460 e. The Morgan fingerprint density at radius 1 is 1.17 bits per heavy atom. The zero-order valence-corrected chi connectivity index (χ0v) is 29.7. The van der Waals surface area contributed by atoms with E-state index in [-0.39, 0.29) is 29.4 Å². The Morgan fingerprint density at radius 3 is 2.65 bits per heavy atom. The summed E-state index contributed by atoms with van der Waals surface area (Å²) >= 11 is 1.17. The Kier molecular flexibility index (Phi) is 12.9. The van der Waals surface area contributed by atoms with Crippen molar-refractivity contribution in [1.29, 1.82) is 0 Å². The van der Waals surface area contributed by atoms with Crippen LogP contribution in [0.3, 0.4) is 0 Å². The lowest BCUT2D eigenvalue weighted by Gasteiger charge is -2.23. The number of carbonyl (C=O) groups excluding carboxylic acids is 1. The fourth-order valence-electron chi connectivity index (χ4n) is 4.96. The van der Waals surface area contributed by atoms with Crippen molar-refractivity contribution in [2.45, 2.75) is 91.6 Å². The van der Waals surface area contributed by atoms with E-state index in [1.54, 1.807) is 6.20 Å². The summed E-state index contributed by atoms with van der Waals surface area (Å²) < 4.78 is 45.6. The van der Waals surface area contributed by atoms with Crippen molar-refractivity contribution in [2.75, 3.05) is 38.3 Å². The van der Waals surface area contributed by atoms with Crippen molar-refractivity contribution in [3.63, 3.8) is 0 Å². The molecule has 2 N–H and O–H groups in total. The lowest BCUT2D eigenvalue weighted by molar-refractivity contribution is -0.160. The summed E-state index contributed by atoms with van der Waals surface area (Å²) in [5.41, 5.74) is 2.15. The van der Waals surface area contributed by atoms with Gasteiger partial charge in [-0.25, -0.2) is 9.97 Å². The standard InChI is InChI=1S/C34H47F2N7O4S/c1-8-22(32(44)47-33(4,5)6)11-10-14-45-18-21(3)29-42-43-30(46-29)26-15-23(12-13-38-26)25-17-39-28(40-20-37-9-2)16-24(25)31-41-27(19-48-31)34(7,35)36/h15-17,19,21-22,37H,8-14,18,20H2,1-7H3,(H,39,40). The van der Waals surface area contributed by atoms with Gasteiger partial charge >= 0.3 is 5.97 Å². The van der Waals surface area contributed by atoms with E-state index < -0.39 is 11.5 Å². The van der Waals surface area contributed by atoms with Crippen LogP contribution in [0.4, 0.5) is 14.6 Å². The second-order valence-corrected chi connectivity index (χ2v) is 13.7. The average molecular weight is 688 g/mol. The molecular formula is C34H47F2N7O4S.